The smallest absolute Gasteiger partial charge is 0.190 e. The lowest BCUT2D eigenvalue weighted by atomic mass is 10.0. The molecule has 0 bridgehead atoms. The number of nitrogens with one attached hydrogen (secondary N) is 1. The molecule has 2 heterocycles. The first kappa shape index (κ1) is 18.8. The maximum absolute atomic E-state index is 5.67. The molecule has 5 rings (SSSR count). The number of nitrogens with zero attached hydrogens (tertiary/aromatic N) is 2. The van der Waals surface area contributed by atoms with Gasteiger partial charge in [0.05, 0.1) is 5.69 Å². The summed E-state index contributed by atoms with van der Waals surface area (Å²) in [6, 6.07) is 34.7. The zero-order chi connectivity index (χ0) is 21.0. The largest absolute Gasteiger partial charge is 0.354 e. The van der Waals surface area contributed by atoms with Crippen LogP contribution in [0.2, 0.25) is 0 Å². The highest BCUT2D eigenvalue weighted by molar-refractivity contribution is 5.79. The topological polar surface area (TPSA) is 51.0 Å². The van der Waals surface area contributed by atoms with Gasteiger partial charge in [-0.15, -0.1) is 0 Å². The summed E-state index contributed by atoms with van der Waals surface area (Å²) in [6.45, 7) is 1.93. The van der Waals surface area contributed by atoms with Crippen molar-refractivity contribution in [1.29, 1.82) is 0 Å². The van der Waals surface area contributed by atoms with Gasteiger partial charge < -0.3 is 9.84 Å². The maximum Gasteiger partial charge on any atom is 0.190 e. The summed E-state index contributed by atoms with van der Waals surface area (Å²) in [7, 11) is 0. The Hall–Kier alpha value is -4.18. The van der Waals surface area contributed by atoms with Gasteiger partial charge in [0, 0.05) is 11.1 Å². The fourth-order valence-corrected chi connectivity index (χ4v) is 3.56. The van der Waals surface area contributed by atoms with Crippen LogP contribution in [0.25, 0.3) is 33.7 Å². The van der Waals surface area contributed by atoms with Crippen molar-refractivity contribution in [3.8, 4) is 33.7 Å². The van der Waals surface area contributed by atoms with Crippen molar-refractivity contribution in [2.24, 2.45) is 0 Å². The van der Waals surface area contributed by atoms with Crippen LogP contribution in [0, 0.1) is 6.92 Å². The van der Waals surface area contributed by atoms with E-state index in [2.05, 4.69) is 59.0 Å². The third-order valence-electron chi connectivity index (χ3n) is 5.19. The minimum Gasteiger partial charge on any atom is -0.354 e. The van der Waals surface area contributed by atoms with E-state index in [9.17, 15) is 0 Å². The standard InChI is InChI=1S/C27H21N3O/c1-19-26(29-25-14-8-13-24(28-25)22-11-6-3-7-12-22)27(31-30-19)23-17-15-21(16-18-23)20-9-4-2-5-10-20/h2-18H,1H3,(H,28,29). The highest BCUT2D eigenvalue weighted by Crippen LogP contribution is 2.34. The molecule has 0 spiro atoms. The van der Waals surface area contributed by atoms with E-state index in [-0.39, 0.29) is 0 Å². The number of anilines is 2. The van der Waals surface area contributed by atoms with Gasteiger partial charge in [0.25, 0.3) is 0 Å². The van der Waals surface area contributed by atoms with E-state index in [1.54, 1.807) is 0 Å². The first-order chi connectivity index (χ1) is 15.3. The van der Waals surface area contributed by atoms with Crippen molar-refractivity contribution in [2.75, 3.05) is 5.32 Å². The van der Waals surface area contributed by atoms with Crippen molar-refractivity contribution in [2.45, 2.75) is 6.92 Å². The SMILES string of the molecule is Cc1noc(-c2ccc(-c3ccccc3)cc2)c1Nc1cccc(-c2ccccc2)n1. The number of aryl methyl sites for hydroxylation is 1. The van der Waals surface area contributed by atoms with E-state index in [1.807, 2.05) is 61.5 Å². The van der Waals surface area contributed by atoms with Gasteiger partial charge >= 0.3 is 0 Å². The lowest BCUT2D eigenvalue weighted by molar-refractivity contribution is 0.427. The molecule has 0 amide bonds. The molecule has 4 nitrogen and oxygen atoms in total. The molecule has 1 N–H and O–H groups in total. The summed E-state index contributed by atoms with van der Waals surface area (Å²) in [5, 5.41) is 7.59. The van der Waals surface area contributed by atoms with E-state index in [0.29, 0.717) is 5.76 Å². The third kappa shape index (κ3) is 3.96. The average Bonchev–Trinajstić information content (AvgIpc) is 3.20. The zero-order valence-electron chi connectivity index (χ0n) is 17.1. The summed E-state index contributed by atoms with van der Waals surface area (Å²) in [4.78, 5) is 4.77. The van der Waals surface area contributed by atoms with E-state index in [1.165, 1.54) is 5.56 Å². The number of pyridine rings is 1. The number of hydrogen-bond acceptors (Lipinski definition) is 4. The molecule has 0 aliphatic carbocycles. The summed E-state index contributed by atoms with van der Waals surface area (Å²) >= 11 is 0. The van der Waals surface area contributed by atoms with Crippen LogP contribution in [0.3, 0.4) is 0 Å². The van der Waals surface area contributed by atoms with Gasteiger partial charge in [-0.2, -0.15) is 0 Å². The Morgan fingerprint density at radius 1 is 0.613 bits per heavy atom. The third-order valence-corrected chi connectivity index (χ3v) is 5.19. The second kappa shape index (κ2) is 8.28. The second-order valence-corrected chi connectivity index (χ2v) is 7.31. The predicted molar refractivity (Wildman–Crippen MR) is 125 cm³/mol. The van der Waals surface area contributed by atoms with E-state index < -0.39 is 0 Å². The quantitative estimate of drug-likeness (QED) is 0.339. The lowest BCUT2D eigenvalue weighted by Crippen LogP contribution is -1.96. The van der Waals surface area contributed by atoms with Crippen LogP contribution >= 0.6 is 0 Å². The van der Waals surface area contributed by atoms with Crippen molar-refractivity contribution >= 4 is 11.5 Å². The number of aromatic nitrogens is 2. The Bertz CT molecular complexity index is 1290. The minimum absolute atomic E-state index is 0.698. The molecule has 0 saturated heterocycles. The molecule has 2 aromatic heterocycles. The molecule has 31 heavy (non-hydrogen) atoms. The van der Waals surface area contributed by atoms with Crippen molar-refractivity contribution in [3.05, 3.63) is 109 Å². The number of benzene rings is 3. The molecular weight excluding hydrogens is 382 g/mol. The molecule has 3 aromatic carbocycles. The van der Waals surface area contributed by atoms with Crippen LogP contribution in [0.15, 0.2) is 108 Å². The zero-order valence-corrected chi connectivity index (χ0v) is 17.1. The van der Waals surface area contributed by atoms with Crippen LogP contribution in [0.5, 0.6) is 0 Å². The van der Waals surface area contributed by atoms with Crippen LogP contribution in [0.1, 0.15) is 5.69 Å². The van der Waals surface area contributed by atoms with Gasteiger partial charge in [-0.05, 0) is 30.2 Å². The molecule has 0 aliphatic rings. The van der Waals surface area contributed by atoms with Crippen LogP contribution < -0.4 is 5.32 Å². The number of rotatable bonds is 5. The maximum atomic E-state index is 5.67. The van der Waals surface area contributed by atoms with Gasteiger partial charge in [0.15, 0.2) is 5.76 Å². The number of hydrogen-bond donors (Lipinski definition) is 1. The fraction of sp³-hybridized carbons (Fsp3) is 0.0370. The van der Waals surface area contributed by atoms with Crippen molar-refractivity contribution in [1.82, 2.24) is 10.1 Å². The summed E-state index contributed by atoms with van der Waals surface area (Å²) in [5.74, 6) is 1.44. The molecule has 0 fully saturated rings. The molecule has 5 aromatic rings. The van der Waals surface area contributed by atoms with E-state index in [4.69, 9.17) is 9.51 Å². The molecule has 150 valence electrons. The molecular formula is C27H21N3O. The van der Waals surface area contributed by atoms with Crippen molar-refractivity contribution in [3.63, 3.8) is 0 Å². The highest BCUT2D eigenvalue weighted by atomic mass is 16.5. The van der Waals surface area contributed by atoms with Gasteiger partial charge in [-0.3, -0.25) is 0 Å². The highest BCUT2D eigenvalue weighted by Gasteiger charge is 2.16. The van der Waals surface area contributed by atoms with Gasteiger partial charge in [-0.25, -0.2) is 4.98 Å². The Labute approximate surface area is 181 Å². The summed E-state index contributed by atoms with van der Waals surface area (Å²) < 4.78 is 5.67. The van der Waals surface area contributed by atoms with Crippen LogP contribution in [0.4, 0.5) is 11.5 Å². The average molecular weight is 403 g/mol. The van der Waals surface area contributed by atoms with E-state index >= 15 is 0 Å². The Morgan fingerprint density at radius 2 is 1.23 bits per heavy atom. The van der Waals surface area contributed by atoms with E-state index in [0.717, 1.165) is 39.6 Å². The van der Waals surface area contributed by atoms with Gasteiger partial charge in [0.1, 0.15) is 17.2 Å². The summed E-state index contributed by atoms with van der Waals surface area (Å²) in [6.07, 6.45) is 0. The normalized spacial score (nSPS) is 10.7. The Morgan fingerprint density at radius 3 is 1.94 bits per heavy atom. The molecule has 0 unspecified atom stereocenters. The molecule has 0 saturated carbocycles. The minimum atomic E-state index is 0.698. The van der Waals surface area contributed by atoms with Crippen LogP contribution in [-0.2, 0) is 0 Å². The first-order valence-electron chi connectivity index (χ1n) is 10.2. The summed E-state index contributed by atoms with van der Waals surface area (Å²) in [5.41, 5.74) is 6.90. The lowest BCUT2D eigenvalue weighted by Gasteiger charge is -2.09. The first-order valence-corrected chi connectivity index (χ1v) is 10.2. The van der Waals surface area contributed by atoms with Gasteiger partial charge in [0.2, 0.25) is 0 Å². The molecule has 0 radical (unpaired) electrons. The van der Waals surface area contributed by atoms with Gasteiger partial charge in [-0.1, -0.05) is 96.2 Å². The van der Waals surface area contributed by atoms with Crippen molar-refractivity contribution < 1.29 is 4.52 Å². The molecule has 4 heteroatoms. The Balaban J connectivity index is 1.45. The predicted octanol–water partition coefficient (Wildman–Crippen LogP) is 7.12. The molecule has 0 aliphatic heterocycles. The molecule has 0 atom stereocenters. The monoisotopic (exact) mass is 403 g/mol. The fourth-order valence-electron chi connectivity index (χ4n) is 3.56. The second-order valence-electron chi connectivity index (χ2n) is 7.31. The Kier molecular flexibility index (Phi) is 5.03. The van der Waals surface area contributed by atoms with Crippen LogP contribution in [-0.4, -0.2) is 10.1 Å².